The standard InChI is InChI=1S/C15H22FN3/c1-18(2)9-3-7-17-8-11-19-10-6-13-4-5-14(16)12-15(13)19/h4-6,10,12,17H,3,7-9,11H2,1-2H3. The van der Waals surface area contributed by atoms with Crippen molar-refractivity contribution in [2.75, 3.05) is 33.7 Å². The number of fused-ring (bicyclic) bond motifs is 1. The van der Waals surface area contributed by atoms with Gasteiger partial charge in [-0.3, -0.25) is 0 Å². The molecule has 0 saturated carbocycles. The van der Waals surface area contributed by atoms with E-state index in [4.69, 9.17) is 0 Å². The summed E-state index contributed by atoms with van der Waals surface area (Å²) in [5.74, 6) is -0.175. The van der Waals surface area contributed by atoms with Gasteiger partial charge >= 0.3 is 0 Å². The van der Waals surface area contributed by atoms with Crippen molar-refractivity contribution in [2.24, 2.45) is 0 Å². The highest BCUT2D eigenvalue weighted by Crippen LogP contribution is 2.16. The molecule has 4 heteroatoms. The molecule has 0 aliphatic heterocycles. The number of rotatable bonds is 7. The number of aromatic nitrogens is 1. The van der Waals surface area contributed by atoms with Crippen LogP contribution in [0.2, 0.25) is 0 Å². The van der Waals surface area contributed by atoms with Gasteiger partial charge in [-0.05, 0) is 63.3 Å². The maximum absolute atomic E-state index is 13.2. The summed E-state index contributed by atoms with van der Waals surface area (Å²) in [7, 11) is 4.17. The zero-order valence-corrected chi connectivity index (χ0v) is 11.7. The summed E-state index contributed by atoms with van der Waals surface area (Å²) in [6.45, 7) is 3.90. The van der Waals surface area contributed by atoms with Gasteiger partial charge in [0, 0.05) is 19.3 Å². The van der Waals surface area contributed by atoms with E-state index in [1.807, 2.05) is 18.3 Å². The maximum Gasteiger partial charge on any atom is 0.125 e. The normalized spacial score (nSPS) is 11.6. The van der Waals surface area contributed by atoms with Crippen molar-refractivity contribution in [3.8, 4) is 0 Å². The molecule has 3 nitrogen and oxygen atoms in total. The third-order valence-corrected chi connectivity index (χ3v) is 3.22. The first-order valence-electron chi connectivity index (χ1n) is 6.76. The molecular weight excluding hydrogens is 241 g/mol. The van der Waals surface area contributed by atoms with Gasteiger partial charge in [-0.25, -0.2) is 4.39 Å². The van der Waals surface area contributed by atoms with E-state index in [9.17, 15) is 4.39 Å². The highest BCUT2D eigenvalue weighted by molar-refractivity contribution is 5.80. The van der Waals surface area contributed by atoms with Crippen LogP contribution in [0.15, 0.2) is 30.5 Å². The molecule has 19 heavy (non-hydrogen) atoms. The van der Waals surface area contributed by atoms with E-state index in [2.05, 4.69) is 28.9 Å². The van der Waals surface area contributed by atoms with E-state index in [-0.39, 0.29) is 5.82 Å². The molecule has 0 unspecified atom stereocenters. The lowest BCUT2D eigenvalue weighted by Crippen LogP contribution is -2.24. The Morgan fingerprint density at radius 3 is 2.84 bits per heavy atom. The predicted molar refractivity (Wildman–Crippen MR) is 77.9 cm³/mol. The minimum atomic E-state index is -0.175. The molecule has 0 aliphatic rings. The van der Waals surface area contributed by atoms with Crippen LogP contribution < -0.4 is 5.32 Å². The molecule has 1 aromatic heterocycles. The lowest BCUT2D eigenvalue weighted by molar-refractivity contribution is 0.393. The molecular formula is C15H22FN3. The number of hydrogen-bond donors (Lipinski definition) is 1. The number of halogens is 1. The Hall–Kier alpha value is -1.39. The average molecular weight is 263 g/mol. The second-order valence-corrected chi connectivity index (χ2v) is 5.12. The van der Waals surface area contributed by atoms with E-state index < -0.39 is 0 Å². The first kappa shape index (κ1) is 14.0. The molecule has 0 fully saturated rings. The molecule has 0 spiro atoms. The molecule has 2 rings (SSSR count). The summed E-state index contributed by atoms with van der Waals surface area (Å²) in [4.78, 5) is 2.18. The van der Waals surface area contributed by atoms with Gasteiger partial charge in [0.05, 0.1) is 5.52 Å². The minimum Gasteiger partial charge on any atom is -0.346 e. The lowest BCUT2D eigenvalue weighted by atomic mass is 10.2. The minimum absolute atomic E-state index is 0.175. The molecule has 104 valence electrons. The Kier molecular flexibility index (Phi) is 4.93. The quantitative estimate of drug-likeness (QED) is 0.774. The second kappa shape index (κ2) is 6.68. The van der Waals surface area contributed by atoms with Gasteiger partial charge in [-0.1, -0.05) is 0 Å². The molecule has 1 heterocycles. The highest BCUT2D eigenvalue weighted by Gasteiger charge is 2.01. The summed E-state index contributed by atoms with van der Waals surface area (Å²) in [6.07, 6.45) is 3.17. The summed E-state index contributed by atoms with van der Waals surface area (Å²) >= 11 is 0. The molecule has 0 bridgehead atoms. The monoisotopic (exact) mass is 263 g/mol. The molecule has 1 aromatic carbocycles. The second-order valence-electron chi connectivity index (χ2n) is 5.12. The van der Waals surface area contributed by atoms with Gasteiger partial charge in [0.1, 0.15) is 5.82 Å². The Labute approximate surface area is 114 Å². The third-order valence-electron chi connectivity index (χ3n) is 3.22. The van der Waals surface area contributed by atoms with Crippen LogP contribution >= 0.6 is 0 Å². The van der Waals surface area contributed by atoms with E-state index in [1.165, 1.54) is 6.07 Å². The number of benzene rings is 1. The summed E-state index contributed by atoms with van der Waals surface area (Å²) < 4.78 is 15.3. The number of nitrogens with zero attached hydrogens (tertiary/aromatic N) is 2. The maximum atomic E-state index is 13.2. The van der Waals surface area contributed by atoms with Gasteiger partial charge in [0.15, 0.2) is 0 Å². The topological polar surface area (TPSA) is 20.2 Å². The Balaban J connectivity index is 1.80. The fourth-order valence-electron chi connectivity index (χ4n) is 2.20. The smallest absolute Gasteiger partial charge is 0.125 e. The molecule has 0 aliphatic carbocycles. The fraction of sp³-hybridized carbons (Fsp3) is 0.467. The van der Waals surface area contributed by atoms with Gasteiger partial charge in [-0.2, -0.15) is 0 Å². The summed E-state index contributed by atoms with van der Waals surface area (Å²) in [5.41, 5.74) is 0.968. The van der Waals surface area contributed by atoms with E-state index in [0.29, 0.717) is 0 Å². The van der Waals surface area contributed by atoms with Crippen LogP contribution in [0, 0.1) is 5.82 Å². The van der Waals surface area contributed by atoms with Crippen LogP contribution in [0.1, 0.15) is 6.42 Å². The summed E-state index contributed by atoms with van der Waals surface area (Å²) in [5, 5.41) is 4.51. The average Bonchev–Trinajstić information content (AvgIpc) is 2.76. The lowest BCUT2D eigenvalue weighted by Gasteiger charge is -2.10. The molecule has 0 amide bonds. The Morgan fingerprint density at radius 1 is 1.21 bits per heavy atom. The van der Waals surface area contributed by atoms with Gasteiger partial charge in [0.2, 0.25) is 0 Å². The first-order chi connectivity index (χ1) is 9.16. The molecule has 1 N–H and O–H groups in total. The van der Waals surface area contributed by atoms with Crippen molar-refractivity contribution in [1.29, 1.82) is 0 Å². The van der Waals surface area contributed by atoms with Gasteiger partial charge in [0.25, 0.3) is 0 Å². The van der Waals surface area contributed by atoms with E-state index in [0.717, 1.165) is 43.5 Å². The van der Waals surface area contributed by atoms with Crippen LogP contribution in [0.4, 0.5) is 4.39 Å². The first-order valence-corrected chi connectivity index (χ1v) is 6.76. The SMILES string of the molecule is CN(C)CCCNCCn1ccc2ccc(F)cc21. The van der Waals surface area contributed by atoms with Gasteiger partial charge < -0.3 is 14.8 Å². The molecule has 0 saturated heterocycles. The van der Waals surface area contributed by atoms with Crippen molar-refractivity contribution in [1.82, 2.24) is 14.8 Å². The highest BCUT2D eigenvalue weighted by atomic mass is 19.1. The van der Waals surface area contributed by atoms with Crippen LogP contribution in [-0.4, -0.2) is 43.2 Å². The fourth-order valence-corrected chi connectivity index (χ4v) is 2.20. The van der Waals surface area contributed by atoms with Gasteiger partial charge in [-0.15, -0.1) is 0 Å². The van der Waals surface area contributed by atoms with Crippen molar-refractivity contribution < 1.29 is 4.39 Å². The molecule has 0 radical (unpaired) electrons. The molecule has 0 atom stereocenters. The van der Waals surface area contributed by atoms with Crippen LogP contribution in [-0.2, 0) is 6.54 Å². The number of nitrogens with one attached hydrogen (secondary N) is 1. The zero-order chi connectivity index (χ0) is 13.7. The zero-order valence-electron chi connectivity index (χ0n) is 11.7. The summed E-state index contributed by atoms with van der Waals surface area (Å²) in [6, 6.07) is 6.96. The Bertz CT molecular complexity index is 519. The van der Waals surface area contributed by atoms with Crippen LogP contribution in [0.5, 0.6) is 0 Å². The van der Waals surface area contributed by atoms with E-state index >= 15 is 0 Å². The number of hydrogen-bond acceptors (Lipinski definition) is 2. The largest absolute Gasteiger partial charge is 0.346 e. The predicted octanol–water partition coefficient (Wildman–Crippen LogP) is 2.32. The van der Waals surface area contributed by atoms with Crippen molar-refractivity contribution >= 4 is 10.9 Å². The van der Waals surface area contributed by atoms with Crippen LogP contribution in [0.3, 0.4) is 0 Å². The van der Waals surface area contributed by atoms with Crippen molar-refractivity contribution in [3.63, 3.8) is 0 Å². The molecule has 2 aromatic rings. The van der Waals surface area contributed by atoms with Crippen molar-refractivity contribution in [3.05, 3.63) is 36.3 Å². The van der Waals surface area contributed by atoms with Crippen LogP contribution in [0.25, 0.3) is 10.9 Å². The van der Waals surface area contributed by atoms with Crippen molar-refractivity contribution in [2.45, 2.75) is 13.0 Å². The Morgan fingerprint density at radius 2 is 2.05 bits per heavy atom. The van der Waals surface area contributed by atoms with E-state index in [1.54, 1.807) is 6.07 Å². The third kappa shape index (κ3) is 4.04.